The van der Waals surface area contributed by atoms with Crippen LogP contribution in [0.4, 0.5) is 0 Å². The van der Waals surface area contributed by atoms with Crippen LogP contribution in [0, 0.1) is 13.8 Å². The Kier molecular flexibility index (Phi) is 20.7. The molecular formula is C20H16Cl4Ga2N2O2. The Balaban J connectivity index is -0.000000188. The van der Waals surface area contributed by atoms with E-state index in [2.05, 4.69) is 9.97 Å². The summed E-state index contributed by atoms with van der Waals surface area (Å²) in [5.41, 5.74) is 2.90. The van der Waals surface area contributed by atoms with Crippen LogP contribution in [0.3, 0.4) is 0 Å². The molecule has 0 aliphatic heterocycles. The van der Waals surface area contributed by atoms with Crippen molar-refractivity contribution in [3.8, 4) is 11.5 Å². The van der Waals surface area contributed by atoms with Crippen molar-refractivity contribution < 1.29 is 59.8 Å². The minimum atomic E-state index is -0.00352. The van der Waals surface area contributed by atoms with Crippen molar-refractivity contribution in [2.24, 2.45) is 0 Å². The Labute approximate surface area is 227 Å². The number of benzene rings is 2. The van der Waals surface area contributed by atoms with Crippen molar-refractivity contribution in [1.82, 2.24) is 9.97 Å². The fourth-order valence-electron chi connectivity index (χ4n) is 2.43. The van der Waals surface area contributed by atoms with Crippen LogP contribution in [0.1, 0.15) is 11.4 Å². The predicted octanol–water partition coefficient (Wildman–Crippen LogP) is -9.51. The molecule has 0 bridgehead atoms. The number of halogens is 4. The molecule has 0 amide bonds. The van der Waals surface area contributed by atoms with Gasteiger partial charge in [-0.1, -0.05) is 60.0 Å². The summed E-state index contributed by atoms with van der Waals surface area (Å²) >= 11 is 0. The quantitative estimate of drug-likeness (QED) is 0.189. The summed E-state index contributed by atoms with van der Waals surface area (Å²) in [5.74, 6) is -0.00704. The van der Waals surface area contributed by atoms with E-state index in [9.17, 15) is 10.2 Å². The van der Waals surface area contributed by atoms with Crippen molar-refractivity contribution in [2.45, 2.75) is 13.8 Å². The van der Waals surface area contributed by atoms with Gasteiger partial charge in [0.15, 0.2) is 0 Å². The van der Waals surface area contributed by atoms with Gasteiger partial charge in [-0.3, -0.25) is 9.97 Å². The third-order valence-corrected chi connectivity index (χ3v) is 3.64. The molecule has 4 rings (SSSR count). The number of hydrogen-bond donors (Lipinski definition) is 0. The molecule has 0 radical (unpaired) electrons. The SMILES string of the molecule is Cc1ccc2cccc([O-])c2n1.Cc1ccc2cccc([O-])c2n1.[Cl-].[Cl-].[Cl-].[Cl-].[Ga+3].[Ga+3]. The second-order valence-corrected chi connectivity index (χ2v) is 5.56. The maximum atomic E-state index is 11.3. The number of aryl methyl sites for hydroxylation is 2. The molecule has 2 heterocycles. The molecule has 2 aromatic carbocycles. The molecule has 10 heteroatoms. The van der Waals surface area contributed by atoms with E-state index in [1.54, 1.807) is 12.1 Å². The second-order valence-electron chi connectivity index (χ2n) is 5.56. The molecule has 4 nitrogen and oxygen atoms in total. The molecule has 0 aliphatic carbocycles. The molecule has 0 spiro atoms. The zero-order valence-corrected chi connectivity index (χ0v) is 24.0. The van der Waals surface area contributed by atoms with E-state index in [1.165, 1.54) is 12.1 Å². The van der Waals surface area contributed by atoms with Gasteiger partial charge in [0.25, 0.3) is 0 Å². The first-order valence-corrected chi connectivity index (χ1v) is 7.61. The van der Waals surface area contributed by atoms with Gasteiger partial charge in [0, 0.05) is 11.4 Å². The Morgan fingerprint density at radius 3 is 1.20 bits per heavy atom. The van der Waals surface area contributed by atoms with Crippen LogP contribution in [0.5, 0.6) is 11.5 Å². The molecule has 0 N–H and O–H groups in total. The average Bonchev–Trinajstić information content (AvgIpc) is 2.57. The van der Waals surface area contributed by atoms with Gasteiger partial charge in [-0.25, -0.2) is 0 Å². The van der Waals surface area contributed by atoms with Crippen LogP contribution in [0.15, 0.2) is 60.7 Å². The first-order chi connectivity index (χ1) is 11.5. The molecule has 0 atom stereocenters. The minimum Gasteiger partial charge on any atom is -1.00 e. The third kappa shape index (κ3) is 9.20. The molecule has 4 aromatic rings. The summed E-state index contributed by atoms with van der Waals surface area (Å²) in [6.45, 7) is 3.76. The zero-order valence-electron chi connectivity index (χ0n) is 16.2. The molecule has 0 fully saturated rings. The topological polar surface area (TPSA) is 71.9 Å². The fourth-order valence-corrected chi connectivity index (χ4v) is 2.43. The Morgan fingerprint density at radius 2 is 0.867 bits per heavy atom. The van der Waals surface area contributed by atoms with Crippen LogP contribution in [0.25, 0.3) is 21.8 Å². The zero-order chi connectivity index (χ0) is 17.1. The standard InChI is InChI=1S/2C10H9NO.4ClH.2Ga/c2*1-7-5-6-8-3-2-4-9(12)10(8)11-7;;;;;;/h2*2-6,12H,1H3;4*1H;;/q;;;;;;2*+3/p-6. The van der Waals surface area contributed by atoms with E-state index in [0.29, 0.717) is 11.0 Å². The maximum absolute atomic E-state index is 11.3. The number of hydrogen-bond acceptors (Lipinski definition) is 4. The molecule has 0 saturated carbocycles. The van der Waals surface area contributed by atoms with Gasteiger partial charge < -0.3 is 59.8 Å². The Hall–Kier alpha value is -0.707. The van der Waals surface area contributed by atoms with Crippen molar-refractivity contribution in [3.05, 3.63) is 72.1 Å². The molecule has 0 unspecified atom stereocenters. The van der Waals surface area contributed by atoms with E-state index in [4.69, 9.17) is 0 Å². The number of fused-ring (bicyclic) bond motifs is 2. The normalized spacial score (nSPS) is 8.33. The van der Waals surface area contributed by atoms with Gasteiger partial charge in [0.2, 0.25) is 0 Å². The van der Waals surface area contributed by atoms with E-state index in [-0.39, 0.29) is 101 Å². The third-order valence-electron chi connectivity index (χ3n) is 3.64. The van der Waals surface area contributed by atoms with Gasteiger partial charge in [-0.15, -0.1) is 0 Å². The van der Waals surface area contributed by atoms with E-state index < -0.39 is 0 Å². The smallest absolute Gasteiger partial charge is 1.00 e. The van der Waals surface area contributed by atoms with Crippen LogP contribution in [-0.2, 0) is 0 Å². The van der Waals surface area contributed by atoms with Gasteiger partial charge in [-0.05, 0) is 36.8 Å². The maximum Gasteiger partial charge on any atom is 3.00 e. The number of para-hydroxylation sites is 2. The summed E-state index contributed by atoms with van der Waals surface area (Å²) in [4.78, 5) is 8.33. The van der Waals surface area contributed by atoms with Crippen molar-refractivity contribution in [2.75, 3.05) is 0 Å². The molecule has 0 aliphatic rings. The van der Waals surface area contributed by atoms with Gasteiger partial charge >= 0.3 is 39.6 Å². The van der Waals surface area contributed by atoms with Crippen LogP contribution in [-0.4, -0.2) is 49.5 Å². The minimum absolute atomic E-state index is 0. The number of rotatable bonds is 0. The van der Waals surface area contributed by atoms with E-state index in [0.717, 1.165) is 22.2 Å². The largest absolute Gasteiger partial charge is 3.00 e. The van der Waals surface area contributed by atoms with Crippen LogP contribution in [0.2, 0.25) is 0 Å². The van der Waals surface area contributed by atoms with Crippen LogP contribution >= 0.6 is 0 Å². The first kappa shape index (κ1) is 36.7. The van der Waals surface area contributed by atoms with Gasteiger partial charge in [0.05, 0.1) is 11.0 Å². The number of aromatic nitrogens is 2. The molecule has 152 valence electrons. The monoisotopic (exact) mass is 594 g/mol. The number of pyridine rings is 2. The molecular weight excluding hydrogens is 581 g/mol. The summed E-state index contributed by atoms with van der Waals surface area (Å²) < 4.78 is 0. The summed E-state index contributed by atoms with van der Waals surface area (Å²) in [6, 6.07) is 18.0. The number of nitrogens with zero attached hydrogens (tertiary/aromatic N) is 2. The van der Waals surface area contributed by atoms with Gasteiger partial charge in [0.1, 0.15) is 0 Å². The van der Waals surface area contributed by atoms with Crippen molar-refractivity contribution >= 4 is 61.4 Å². The molecule has 2 aromatic heterocycles. The van der Waals surface area contributed by atoms with E-state index in [1.807, 2.05) is 50.2 Å². The summed E-state index contributed by atoms with van der Waals surface area (Å²) in [5, 5.41) is 24.4. The molecule has 30 heavy (non-hydrogen) atoms. The van der Waals surface area contributed by atoms with Crippen LogP contribution < -0.4 is 59.8 Å². The van der Waals surface area contributed by atoms with Crippen molar-refractivity contribution in [3.63, 3.8) is 0 Å². The fraction of sp³-hybridized carbons (Fsp3) is 0.100. The van der Waals surface area contributed by atoms with Crippen molar-refractivity contribution in [1.29, 1.82) is 0 Å². The Bertz CT molecular complexity index is 957. The average molecular weight is 598 g/mol. The summed E-state index contributed by atoms with van der Waals surface area (Å²) in [6.07, 6.45) is 0. The second kappa shape index (κ2) is 16.9. The molecule has 0 saturated heterocycles. The first-order valence-electron chi connectivity index (χ1n) is 7.61. The summed E-state index contributed by atoms with van der Waals surface area (Å²) in [7, 11) is 0. The predicted molar refractivity (Wildman–Crippen MR) is 103 cm³/mol. The Morgan fingerprint density at radius 1 is 0.533 bits per heavy atom. The van der Waals surface area contributed by atoms with Gasteiger partial charge in [-0.2, -0.15) is 0 Å². The van der Waals surface area contributed by atoms with E-state index >= 15 is 0 Å².